The molecule has 0 aliphatic carbocycles. The van der Waals surface area contributed by atoms with E-state index in [9.17, 15) is 16.8 Å². The number of nitrogens with zero attached hydrogens (tertiary/aromatic N) is 2. The summed E-state index contributed by atoms with van der Waals surface area (Å²) >= 11 is 6.61. The normalized spacial score (nSPS) is 20.5. The molecule has 1 saturated heterocycles. The van der Waals surface area contributed by atoms with Crippen LogP contribution in [0.25, 0.3) is 0 Å². The highest BCUT2D eigenvalue weighted by Gasteiger charge is 2.39. The van der Waals surface area contributed by atoms with E-state index < -0.39 is 25.9 Å². The van der Waals surface area contributed by atoms with Gasteiger partial charge in [0.1, 0.15) is 0 Å². The average Bonchev–Trinajstić information content (AvgIpc) is 2.85. The van der Waals surface area contributed by atoms with Crippen molar-refractivity contribution in [1.82, 2.24) is 9.21 Å². The van der Waals surface area contributed by atoms with Crippen LogP contribution < -0.4 is 0 Å². The fraction of sp³-hybridized carbons (Fsp3) is 0.600. The molecule has 1 aromatic carbocycles. The van der Waals surface area contributed by atoms with Crippen molar-refractivity contribution < 1.29 is 16.8 Å². The monoisotopic (exact) mass is 516 g/mol. The lowest BCUT2D eigenvalue weighted by Crippen LogP contribution is -2.42. The maximum Gasteiger partial charge on any atom is 0.244 e. The van der Waals surface area contributed by atoms with E-state index in [2.05, 4.69) is 31.9 Å². The molecule has 0 bridgehead atoms. The number of rotatable bonds is 7. The van der Waals surface area contributed by atoms with Gasteiger partial charge in [-0.3, -0.25) is 0 Å². The van der Waals surface area contributed by atoms with Crippen molar-refractivity contribution in [2.45, 2.75) is 23.8 Å². The minimum atomic E-state index is -3.81. The molecule has 142 valence electrons. The number of hydrogen-bond donors (Lipinski definition) is 0. The SMILES string of the molecule is CN(C)CCCN([C@H]1CCS(=O)(=O)C1)S(=O)(=O)c1cc(Br)ccc1Br. The molecule has 1 aliphatic heterocycles. The van der Waals surface area contributed by atoms with Crippen molar-refractivity contribution in [3.05, 3.63) is 27.1 Å². The Kier molecular flexibility index (Phi) is 7.11. The maximum atomic E-state index is 13.2. The molecule has 1 aromatic rings. The highest BCUT2D eigenvalue weighted by atomic mass is 79.9. The molecule has 2 rings (SSSR count). The highest BCUT2D eigenvalue weighted by Crippen LogP contribution is 2.31. The fourth-order valence-corrected chi connectivity index (χ4v) is 7.83. The largest absolute Gasteiger partial charge is 0.309 e. The van der Waals surface area contributed by atoms with E-state index in [-0.39, 0.29) is 16.4 Å². The molecule has 1 aliphatic rings. The summed E-state index contributed by atoms with van der Waals surface area (Å²) in [5.74, 6) is -0.0726. The third-order valence-corrected chi connectivity index (χ3v) is 9.27. The van der Waals surface area contributed by atoms with E-state index in [1.54, 1.807) is 18.2 Å². The van der Waals surface area contributed by atoms with E-state index in [0.29, 0.717) is 28.3 Å². The van der Waals surface area contributed by atoms with Crippen LogP contribution in [0.4, 0.5) is 0 Å². The summed E-state index contributed by atoms with van der Waals surface area (Å²) in [6, 6.07) is 4.45. The lowest BCUT2D eigenvalue weighted by Gasteiger charge is -2.28. The van der Waals surface area contributed by atoms with Crippen molar-refractivity contribution in [3.63, 3.8) is 0 Å². The third-order valence-electron chi connectivity index (χ3n) is 4.08. The van der Waals surface area contributed by atoms with Crippen molar-refractivity contribution in [2.24, 2.45) is 0 Å². The van der Waals surface area contributed by atoms with Crippen LogP contribution >= 0.6 is 31.9 Å². The Morgan fingerprint density at radius 1 is 1.20 bits per heavy atom. The predicted molar refractivity (Wildman–Crippen MR) is 106 cm³/mol. The maximum absolute atomic E-state index is 13.2. The van der Waals surface area contributed by atoms with Gasteiger partial charge < -0.3 is 4.90 Å². The van der Waals surface area contributed by atoms with Crippen molar-refractivity contribution in [1.29, 1.82) is 0 Å². The van der Waals surface area contributed by atoms with Gasteiger partial charge in [-0.25, -0.2) is 16.8 Å². The van der Waals surface area contributed by atoms with Crippen LogP contribution in [0.5, 0.6) is 0 Å². The summed E-state index contributed by atoms with van der Waals surface area (Å²) in [4.78, 5) is 2.13. The molecule has 0 N–H and O–H groups in total. The zero-order valence-electron chi connectivity index (χ0n) is 14.2. The van der Waals surface area contributed by atoms with Crippen molar-refractivity contribution >= 4 is 51.7 Å². The van der Waals surface area contributed by atoms with Crippen LogP contribution in [0.15, 0.2) is 32.0 Å². The van der Waals surface area contributed by atoms with E-state index in [1.165, 1.54) is 4.31 Å². The molecule has 0 amide bonds. The number of benzene rings is 1. The Morgan fingerprint density at radius 2 is 1.88 bits per heavy atom. The Labute approximate surface area is 166 Å². The lowest BCUT2D eigenvalue weighted by molar-refractivity contribution is 0.309. The zero-order chi connectivity index (χ0) is 18.8. The third kappa shape index (κ3) is 5.49. The molecule has 10 heteroatoms. The molecular formula is C15H22Br2N2O4S2. The first-order chi connectivity index (χ1) is 11.5. The van der Waals surface area contributed by atoms with Gasteiger partial charge in [0.25, 0.3) is 0 Å². The molecular weight excluding hydrogens is 496 g/mol. The van der Waals surface area contributed by atoms with Gasteiger partial charge in [0.15, 0.2) is 9.84 Å². The Morgan fingerprint density at radius 3 is 2.44 bits per heavy atom. The van der Waals surface area contributed by atoms with Crippen LogP contribution in [-0.2, 0) is 19.9 Å². The zero-order valence-corrected chi connectivity index (χ0v) is 19.0. The predicted octanol–water partition coefficient (Wildman–Crippen LogP) is 2.34. The summed E-state index contributed by atoms with van der Waals surface area (Å²) in [5, 5.41) is 0. The average molecular weight is 518 g/mol. The topological polar surface area (TPSA) is 74.8 Å². The summed E-state index contributed by atoms with van der Waals surface area (Å²) < 4.78 is 52.7. The van der Waals surface area contributed by atoms with Gasteiger partial charge in [-0.1, -0.05) is 15.9 Å². The first kappa shape index (κ1) is 21.3. The molecule has 1 heterocycles. The summed E-state index contributed by atoms with van der Waals surface area (Å²) in [6.45, 7) is 1.02. The summed E-state index contributed by atoms with van der Waals surface area (Å²) in [6.07, 6.45) is 0.976. The van der Waals surface area contributed by atoms with Crippen LogP contribution in [0.2, 0.25) is 0 Å². The van der Waals surface area contributed by atoms with Crippen LogP contribution in [0, 0.1) is 0 Å². The number of sulfone groups is 1. The number of halogens is 2. The van der Waals surface area contributed by atoms with Gasteiger partial charge >= 0.3 is 0 Å². The second kappa shape index (κ2) is 8.35. The van der Waals surface area contributed by atoms with Gasteiger partial charge in [0.05, 0.1) is 16.4 Å². The molecule has 0 saturated carbocycles. The van der Waals surface area contributed by atoms with Gasteiger partial charge in [-0.2, -0.15) is 4.31 Å². The standard InChI is InChI=1S/C15H22Br2N2O4S2/c1-18(2)7-3-8-19(13-6-9-24(20,21)11-13)25(22,23)15-10-12(16)4-5-14(15)17/h4-5,10,13H,3,6-9,11H2,1-2H3/t13-/m0/s1. The quantitative estimate of drug-likeness (QED) is 0.555. The smallest absolute Gasteiger partial charge is 0.244 e. The van der Waals surface area contributed by atoms with Crippen LogP contribution in [-0.4, -0.2) is 70.8 Å². The Hall–Kier alpha value is -0.000000000000000111. The molecule has 0 radical (unpaired) electrons. The molecule has 25 heavy (non-hydrogen) atoms. The van der Waals surface area contributed by atoms with Gasteiger partial charge in [-0.15, -0.1) is 0 Å². The minimum Gasteiger partial charge on any atom is -0.309 e. The molecule has 0 aromatic heterocycles. The van der Waals surface area contributed by atoms with Crippen molar-refractivity contribution in [2.75, 3.05) is 38.7 Å². The Bertz CT molecular complexity index is 826. The van der Waals surface area contributed by atoms with Crippen LogP contribution in [0.3, 0.4) is 0 Å². The number of sulfonamides is 1. The number of hydrogen-bond acceptors (Lipinski definition) is 5. The molecule has 0 unspecified atom stereocenters. The molecule has 0 spiro atoms. The van der Waals surface area contributed by atoms with Crippen molar-refractivity contribution in [3.8, 4) is 0 Å². The summed E-state index contributed by atoms with van der Waals surface area (Å²) in [7, 11) is -3.15. The van der Waals surface area contributed by atoms with Gasteiger partial charge in [0, 0.05) is 21.5 Å². The van der Waals surface area contributed by atoms with Gasteiger partial charge in [0.2, 0.25) is 10.0 Å². The lowest BCUT2D eigenvalue weighted by atomic mass is 10.2. The van der Waals surface area contributed by atoms with E-state index in [0.717, 1.165) is 6.54 Å². The van der Waals surface area contributed by atoms with E-state index >= 15 is 0 Å². The first-order valence-corrected chi connectivity index (χ1v) is 12.7. The van der Waals surface area contributed by atoms with Crippen LogP contribution in [0.1, 0.15) is 12.8 Å². The van der Waals surface area contributed by atoms with E-state index in [4.69, 9.17) is 0 Å². The fourth-order valence-electron chi connectivity index (χ4n) is 2.85. The molecule has 1 fully saturated rings. The minimum absolute atomic E-state index is 0.0387. The Balaban J connectivity index is 2.37. The van der Waals surface area contributed by atoms with E-state index in [1.807, 2.05) is 19.0 Å². The highest BCUT2D eigenvalue weighted by molar-refractivity contribution is 9.11. The first-order valence-electron chi connectivity index (χ1n) is 7.85. The second-order valence-corrected chi connectivity index (χ2v) is 12.3. The summed E-state index contributed by atoms with van der Waals surface area (Å²) in [5.41, 5.74) is 0. The van der Waals surface area contributed by atoms with Gasteiger partial charge in [-0.05, 0) is 67.6 Å². The second-order valence-electron chi connectivity index (χ2n) is 6.40. The molecule has 1 atom stereocenters. The molecule has 6 nitrogen and oxygen atoms in total.